The number of carbonyl (C=O) groups is 1. The van der Waals surface area contributed by atoms with Gasteiger partial charge in [-0.1, -0.05) is 58.4 Å². The summed E-state index contributed by atoms with van der Waals surface area (Å²) in [5.74, 6) is 0.653. The fourth-order valence-electron chi connectivity index (χ4n) is 5.55. The van der Waals surface area contributed by atoms with Gasteiger partial charge in [-0.2, -0.15) is 0 Å². The Kier molecular flexibility index (Phi) is 11.2. The van der Waals surface area contributed by atoms with E-state index >= 15 is 0 Å². The molecule has 27 heavy (non-hydrogen) atoms. The lowest BCUT2D eigenvalue weighted by Crippen LogP contribution is -2.50. The van der Waals surface area contributed by atoms with E-state index in [4.69, 9.17) is 5.11 Å². The molecule has 2 fully saturated rings. The molecule has 4 nitrogen and oxygen atoms in total. The lowest BCUT2D eigenvalue weighted by Gasteiger charge is -2.52. The molecule has 3 N–H and O–H groups in total. The van der Waals surface area contributed by atoms with E-state index in [1.54, 1.807) is 0 Å². The van der Waals surface area contributed by atoms with Crippen LogP contribution in [-0.2, 0) is 4.79 Å². The van der Waals surface area contributed by atoms with Crippen LogP contribution in [0.1, 0.15) is 90.9 Å². The van der Waals surface area contributed by atoms with E-state index in [0.717, 1.165) is 12.8 Å². The topological polar surface area (TPSA) is 77.8 Å². The summed E-state index contributed by atoms with van der Waals surface area (Å²) in [6.07, 6.45) is 15.3. The summed E-state index contributed by atoms with van der Waals surface area (Å²) >= 11 is 0. The molecule has 2 aliphatic rings. The van der Waals surface area contributed by atoms with Crippen molar-refractivity contribution in [2.45, 2.75) is 90.9 Å². The third-order valence-corrected chi connectivity index (χ3v) is 6.99. The predicted octanol–water partition coefficient (Wildman–Crippen LogP) is 5.18. The second kappa shape index (κ2) is 12.6. The second-order valence-electron chi connectivity index (χ2n) is 8.69. The number of aliphatic hydroxyl groups is 2. The molecule has 2 saturated carbocycles. The van der Waals surface area contributed by atoms with E-state index in [2.05, 4.69) is 13.5 Å². The van der Waals surface area contributed by atoms with Crippen molar-refractivity contribution < 1.29 is 20.1 Å². The minimum Gasteiger partial charge on any atom is -0.478 e. The monoisotopic (exact) mass is 382 g/mol. The maximum Gasteiger partial charge on any atom is 0.330 e. The maximum absolute atomic E-state index is 10.5. The molecule has 0 aromatic heterocycles. The van der Waals surface area contributed by atoms with Crippen LogP contribution < -0.4 is 0 Å². The highest BCUT2D eigenvalue weighted by atomic mass is 16.4. The summed E-state index contributed by atoms with van der Waals surface area (Å²) in [5, 5.41) is 28.5. The van der Waals surface area contributed by atoms with E-state index in [9.17, 15) is 15.0 Å². The molecule has 0 aromatic carbocycles. The Hall–Kier alpha value is -0.870. The van der Waals surface area contributed by atoms with Crippen molar-refractivity contribution in [1.82, 2.24) is 0 Å². The SMILES string of the molecule is C=C(C)C(=O)O.CCCC(CO)C(CO)(C1CCCCC1)C1CCCCC1. The predicted molar refractivity (Wildman–Crippen MR) is 111 cm³/mol. The minimum absolute atomic E-state index is 0.00556. The highest BCUT2D eigenvalue weighted by molar-refractivity contribution is 5.84. The smallest absolute Gasteiger partial charge is 0.330 e. The van der Waals surface area contributed by atoms with Gasteiger partial charge in [-0.15, -0.1) is 0 Å². The van der Waals surface area contributed by atoms with Crippen molar-refractivity contribution >= 4 is 5.97 Å². The van der Waals surface area contributed by atoms with Gasteiger partial charge in [0.05, 0.1) is 0 Å². The number of carboxylic acids is 1. The van der Waals surface area contributed by atoms with E-state index in [-0.39, 0.29) is 17.6 Å². The Balaban J connectivity index is 0.000000527. The summed E-state index contributed by atoms with van der Waals surface area (Å²) in [5.41, 5.74) is 0.181. The van der Waals surface area contributed by atoms with Crippen LogP contribution in [0.25, 0.3) is 0 Å². The van der Waals surface area contributed by atoms with Gasteiger partial charge in [-0.05, 0) is 56.8 Å². The van der Waals surface area contributed by atoms with E-state index in [0.29, 0.717) is 24.4 Å². The molecule has 4 heteroatoms. The molecule has 0 saturated heterocycles. The quantitative estimate of drug-likeness (QED) is 0.505. The van der Waals surface area contributed by atoms with Gasteiger partial charge in [0.2, 0.25) is 0 Å². The molecular weight excluding hydrogens is 340 g/mol. The number of rotatable bonds is 8. The Bertz CT molecular complexity index is 395. The van der Waals surface area contributed by atoms with Gasteiger partial charge < -0.3 is 15.3 Å². The first-order chi connectivity index (χ1) is 12.9. The summed E-state index contributed by atoms with van der Waals surface area (Å²) in [4.78, 5) is 9.60. The first kappa shape index (κ1) is 24.2. The highest BCUT2D eigenvalue weighted by Crippen LogP contribution is 2.54. The van der Waals surface area contributed by atoms with Crippen LogP contribution in [0, 0.1) is 23.2 Å². The van der Waals surface area contributed by atoms with Crippen LogP contribution in [0.3, 0.4) is 0 Å². The average Bonchev–Trinajstić information content (AvgIpc) is 2.70. The van der Waals surface area contributed by atoms with Crippen LogP contribution >= 0.6 is 0 Å². The second-order valence-corrected chi connectivity index (χ2v) is 8.69. The standard InChI is InChI=1S/C19H36O2.C4H6O2/c1-2-9-18(14-20)19(15-21,16-10-5-3-6-11-16)17-12-7-4-8-13-17;1-3(2)4(5)6/h16-18,20-21H,2-15H2,1H3;1H2,2H3,(H,5,6). The van der Waals surface area contributed by atoms with Crippen molar-refractivity contribution in [1.29, 1.82) is 0 Å². The van der Waals surface area contributed by atoms with Gasteiger partial charge in [0.1, 0.15) is 0 Å². The highest BCUT2D eigenvalue weighted by Gasteiger charge is 2.49. The lowest BCUT2D eigenvalue weighted by molar-refractivity contribution is -0.132. The number of hydrogen-bond donors (Lipinski definition) is 3. The summed E-state index contributed by atoms with van der Waals surface area (Å²) in [7, 11) is 0. The molecule has 0 amide bonds. The van der Waals surface area contributed by atoms with Crippen molar-refractivity contribution in [3.63, 3.8) is 0 Å². The first-order valence-electron chi connectivity index (χ1n) is 11.0. The van der Waals surface area contributed by atoms with Crippen molar-refractivity contribution in [3.05, 3.63) is 12.2 Å². The molecule has 0 bridgehead atoms. The van der Waals surface area contributed by atoms with E-state index in [1.165, 1.54) is 71.1 Å². The van der Waals surface area contributed by atoms with Gasteiger partial charge in [0.25, 0.3) is 0 Å². The molecule has 1 atom stereocenters. The molecular formula is C23H42O4. The summed E-state index contributed by atoms with van der Waals surface area (Å²) in [6.45, 7) is 7.38. The molecule has 0 spiro atoms. The van der Waals surface area contributed by atoms with Crippen LogP contribution in [-0.4, -0.2) is 34.5 Å². The zero-order chi connectivity index (χ0) is 20.3. The molecule has 2 rings (SSSR count). The zero-order valence-corrected chi connectivity index (χ0v) is 17.6. The Labute approximate surface area is 166 Å². The van der Waals surface area contributed by atoms with Gasteiger partial charge >= 0.3 is 5.97 Å². The molecule has 0 aliphatic heterocycles. The number of aliphatic hydroxyl groups excluding tert-OH is 2. The molecule has 0 radical (unpaired) electrons. The van der Waals surface area contributed by atoms with Crippen molar-refractivity contribution in [2.24, 2.45) is 23.2 Å². The van der Waals surface area contributed by atoms with Crippen molar-refractivity contribution in [3.8, 4) is 0 Å². The van der Waals surface area contributed by atoms with Crippen LogP contribution in [0.15, 0.2) is 12.2 Å². The Morgan fingerprint density at radius 3 is 1.67 bits per heavy atom. The van der Waals surface area contributed by atoms with Crippen LogP contribution in [0.5, 0.6) is 0 Å². The summed E-state index contributed by atoms with van der Waals surface area (Å²) in [6, 6.07) is 0. The minimum atomic E-state index is -0.935. The zero-order valence-electron chi connectivity index (χ0n) is 17.6. The summed E-state index contributed by atoms with van der Waals surface area (Å²) < 4.78 is 0. The Morgan fingerprint density at radius 2 is 1.41 bits per heavy atom. The fraction of sp³-hybridized carbons (Fsp3) is 0.870. The van der Waals surface area contributed by atoms with Gasteiger partial charge in [-0.3, -0.25) is 0 Å². The van der Waals surface area contributed by atoms with Gasteiger partial charge in [-0.25, -0.2) is 4.79 Å². The normalized spacial score (nSPS) is 20.4. The Morgan fingerprint density at radius 1 is 1.00 bits per heavy atom. The largest absolute Gasteiger partial charge is 0.478 e. The lowest BCUT2D eigenvalue weighted by atomic mass is 9.53. The number of hydrogen-bond acceptors (Lipinski definition) is 3. The van der Waals surface area contributed by atoms with E-state index < -0.39 is 5.97 Å². The van der Waals surface area contributed by atoms with Gasteiger partial charge in [0, 0.05) is 24.2 Å². The molecule has 0 heterocycles. The molecule has 0 aromatic rings. The third kappa shape index (κ3) is 6.60. The van der Waals surface area contributed by atoms with Crippen LogP contribution in [0.4, 0.5) is 0 Å². The van der Waals surface area contributed by atoms with Crippen molar-refractivity contribution in [2.75, 3.05) is 13.2 Å². The number of aliphatic carboxylic acids is 1. The van der Waals surface area contributed by atoms with Gasteiger partial charge in [0.15, 0.2) is 0 Å². The van der Waals surface area contributed by atoms with Crippen LogP contribution in [0.2, 0.25) is 0 Å². The maximum atomic E-state index is 10.5. The molecule has 1 unspecified atom stereocenters. The first-order valence-corrected chi connectivity index (χ1v) is 11.0. The molecule has 158 valence electrons. The number of carboxylic acid groups (broad SMARTS) is 1. The van der Waals surface area contributed by atoms with E-state index in [1.807, 2.05) is 0 Å². The average molecular weight is 383 g/mol. The molecule has 2 aliphatic carbocycles. The third-order valence-electron chi connectivity index (χ3n) is 6.99. The fourth-order valence-corrected chi connectivity index (χ4v) is 5.55.